The Morgan fingerprint density at radius 2 is 1.50 bits per heavy atom. The fourth-order valence-corrected chi connectivity index (χ4v) is 3.13. The molecule has 0 N–H and O–H groups in total. The van der Waals surface area contributed by atoms with Gasteiger partial charge in [-0.15, -0.1) is 0 Å². The van der Waals surface area contributed by atoms with Crippen LogP contribution in [0.2, 0.25) is 0 Å². The number of hydrogen-bond acceptors (Lipinski definition) is 2. The number of aryl methyl sites for hydroxylation is 2. The molecular formula is C24H26N2. The Morgan fingerprint density at radius 3 is 2.12 bits per heavy atom. The second-order valence-electron chi connectivity index (χ2n) is 6.70. The summed E-state index contributed by atoms with van der Waals surface area (Å²) in [5.41, 5.74) is 7.17. The second-order valence-corrected chi connectivity index (χ2v) is 6.70. The third-order valence-electron chi connectivity index (χ3n) is 4.43. The molecule has 3 aromatic carbocycles. The molecule has 2 nitrogen and oxygen atoms in total. The molecule has 0 fully saturated rings. The SMILES string of the molecule is CCN(Cc1ccccc1)c1ccc(C=Nc2cc(C)cc(C)c2)cc1. The van der Waals surface area contributed by atoms with Gasteiger partial charge in [-0.05, 0) is 67.3 Å². The maximum Gasteiger partial charge on any atom is 0.0635 e. The van der Waals surface area contributed by atoms with Crippen molar-refractivity contribution in [3.05, 3.63) is 95.1 Å². The summed E-state index contributed by atoms with van der Waals surface area (Å²) in [6.07, 6.45) is 1.94. The minimum absolute atomic E-state index is 0.924. The molecule has 0 aromatic heterocycles. The van der Waals surface area contributed by atoms with Gasteiger partial charge in [0.25, 0.3) is 0 Å². The van der Waals surface area contributed by atoms with Crippen LogP contribution in [-0.2, 0) is 6.54 Å². The summed E-state index contributed by atoms with van der Waals surface area (Å²) >= 11 is 0. The zero-order chi connectivity index (χ0) is 18.4. The average molecular weight is 342 g/mol. The Morgan fingerprint density at radius 1 is 0.846 bits per heavy atom. The first kappa shape index (κ1) is 17.9. The molecule has 0 bridgehead atoms. The zero-order valence-electron chi connectivity index (χ0n) is 15.8. The smallest absolute Gasteiger partial charge is 0.0635 e. The van der Waals surface area contributed by atoms with E-state index < -0.39 is 0 Å². The van der Waals surface area contributed by atoms with Crippen molar-refractivity contribution in [3.8, 4) is 0 Å². The number of hydrogen-bond donors (Lipinski definition) is 0. The van der Waals surface area contributed by atoms with Crippen LogP contribution in [0.1, 0.15) is 29.2 Å². The van der Waals surface area contributed by atoms with Gasteiger partial charge in [-0.2, -0.15) is 0 Å². The number of rotatable bonds is 6. The normalized spacial score (nSPS) is 11.0. The molecule has 26 heavy (non-hydrogen) atoms. The van der Waals surface area contributed by atoms with Crippen LogP contribution in [0.15, 0.2) is 77.8 Å². The third-order valence-corrected chi connectivity index (χ3v) is 4.43. The van der Waals surface area contributed by atoms with Crippen LogP contribution >= 0.6 is 0 Å². The molecule has 3 aromatic rings. The van der Waals surface area contributed by atoms with E-state index >= 15 is 0 Å². The largest absolute Gasteiger partial charge is 0.367 e. The fourth-order valence-electron chi connectivity index (χ4n) is 3.13. The van der Waals surface area contributed by atoms with Gasteiger partial charge in [0, 0.05) is 25.0 Å². The highest BCUT2D eigenvalue weighted by Gasteiger charge is 2.05. The molecular weight excluding hydrogens is 316 g/mol. The van der Waals surface area contributed by atoms with Gasteiger partial charge in [-0.1, -0.05) is 48.5 Å². The van der Waals surface area contributed by atoms with E-state index in [0.29, 0.717) is 0 Å². The van der Waals surface area contributed by atoms with Crippen LogP contribution in [0.25, 0.3) is 0 Å². The molecule has 0 amide bonds. The Labute approximate surface area is 156 Å². The lowest BCUT2D eigenvalue weighted by molar-refractivity contribution is 0.832. The van der Waals surface area contributed by atoms with E-state index in [2.05, 4.69) is 103 Å². The first-order valence-electron chi connectivity index (χ1n) is 9.15. The van der Waals surface area contributed by atoms with Gasteiger partial charge in [-0.25, -0.2) is 0 Å². The molecule has 0 aliphatic rings. The van der Waals surface area contributed by atoms with Gasteiger partial charge in [0.1, 0.15) is 0 Å². The van der Waals surface area contributed by atoms with Crippen molar-refractivity contribution < 1.29 is 0 Å². The van der Waals surface area contributed by atoms with Crippen LogP contribution in [0.5, 0.6) is 0 Å². The van der Waals surface area contributed by atoms with Crippen LogP contribution in [-0.4, -0.2) is 12.8 Å². The van der Waals surface area contributed by atoms with E-state index in [0.717, 1.165) is 24.3 Å². The van der Waals surface area contributed by atoms with Crippen molar-refractivity contribution in [2.45, 2.75) is 27.3 Å². The molecule has 0 atom stereocenters. The summed E-state index contributed by atoms with van der Waals surface area (Å²) < 4.78 is 0. The Bertz CT molecular complexity index is 844. The Kier molecular flexibility index (Phi) is 5.85. The standard InChI is InChI=1S/C24H26N2/c1-4-26(18-22-8-6-5-7-9-22)24-12-10-21(11-13-24)17-25-23-15-19(2)14-20(3)16-23/h5-17H,4,18H2,1-3H3. The van der Waals surface area contributed by atoms with E-state index in [4.69, 9.17) is 0 Å². The summed E-state index contributed by atoms with van der Waals surface area (Å²) in [4.78, 5) is 7.00. The monoisotopic (exact) mass is 342 g/mol. The van der Waals surface area contributed by atoms with Crippen molar-refractivity contribution in [2.75, 3.05) is 11.4 Å². The summed E-state index contributed by atoms with van der Waals surface area (Å²) in [7, 11) is 0. The van der Waals surface area contributed by atoms with Crippen molar-refractivity contribution >= 4 is 17.6 Å². The molecule has 0 spiro atoms. The van der Waals surface area contributed by atoms with Crippen molar-refractivity contribution in [2.24, 2.45) is 4.99 Å². The van der Waals surface area contributed by atoms with E-state index in [9.17, 15) is 0 Å². The van der Waals surface area contributed by atoms with Gasteiger partial charge in [0.15, 0.2) is 0 Å². The van der Waals surface area contributed by atoms with Gasteiger partial charge >= 0.3 is 0 Å². The molecule has 0 heterocycles. The highest BCUT2D eigenvalue weighted by Crippen LogP contribution is 2.19. The summed E-state index contributed by atoms with van der Waals surface area (Å²) in [6.45, 7) is 8.30. The minimum atomic E-state index is 0.924. The minimum Gasteiger partial charge on any atom is -0.367 e. The number of benzene rings is 3. The number of anilines is 1. The molecule has 0 unspecified atom stereocenters. The number of aliphatic imine (C=N–C) groups is 1. The molecule has 0 saturated carbocycles. The van der Waals surface area contributed by atoms with Gasteiger partial charge in [0.2, 0.25) is 0 Å². The maximum atomic E-state index is 4.62. The van der Waals surface area contributed by atoms with E-state index in [1.54, 1.807) is 0 Å². The molecule has 0 saturated heterocycles. The number of nitrogens with zero attached hydrogens (tertiary/aromatic N) is 2. The van der Waals surface area contributed by atoms with Gasteiger partial charge < -0.3 is 4.90 Å². The van der Waals surface area contributed by atoms with Crippen LogP contribution in [0.3, 0.4) is 0 Å². The fraction of sp³-hybridized carbons (Fsp3) is 0.208. The highest BCUT2D eigenvalue weighted by atomic mass is 15.1. The first-order valence-corrected chi connectivity index (χ1v) is 9.15. The van der Waals surface area contributed by atoms with Crippen LogP contribution in [0, 0.1) is 13.8 Å². The Balaban J connectivity index is 1.71. The molecule has 3 rings (SSSR count). The predicted octanol–water partition coefficient (Wildman–Crippen LogP) is 6.08. The Hall–Kier alpha value is -2.87. The lowest BCUT2D eigenvalue weighted by atomic mass is 10.1. The summed E-state index contributed by atoms with van der Waals surface area (Å²) in [6, 6.07) is 25.6. The van der Waals surface area contributed by atoms with Crippen molar-refractivity contribution in [1.29, 1.82) is 0 Å². The summed E-state index contributed by atoms with van der Waals surface area (Å²) in [5, 5.41) is 0. The quantitative estimate of drug-likeness (QED) is 0.496. The van der Waals surface area contributed by atoms with Gasteiger partial charge in [0.05, 0.1) is 5.69 Å². The lowest BCUT2D eigenvalue weighted by Crippen LogP contribution is -2.21. The van der Waals surface area contributed by atoms with Crippen molar-refractivity contribution in [1.82, 2.24) is 0 Å². The van der Waals surface area contributed by atoms with E-state index in [-0.39, 0.29) is 0 Å². The molecule has 2 heteroatoms. The molecule has 0 aliphatic carbocycles. The topological polar surface area (TPSA) is 15.6 Å². The third kappa shape index (κ3) is 4.82. The van der Waals surface area contributed by atoms with Gasteiger partial charge in [-0.3, -0.25) is 4.99 Å². The maximum absolute atomic E-state index is 4.62. The predicted molar refractivity (Wildman–Crippen MR) is 113 cm³/mol. The zero-order valence-corrected chi connectivity index (χ0v) is 15.8. The highest BCUT2D eigenvalue weighted by molar-refractivity contribution is 5.82. The van der Waals surface area contributed by atoms with Crippen LogP contribution < -0.4 is 4.90 Å². The van der Waals surface area contributed by atoms with E-state index in [1.165, 1.54) is 22.4 Å². The second kappa shape index (κ2) is 8.48. The van der Waals surface area contributed by atoms with Crippen molar-refractivity contribution in [3.63, 3.8) is 0 Å². The van der Waals surface area contributed by atoms with E-state index in [1.807, 2.05) is 6.21 Å². The van der Waals surface area contributed by atoms with Crippen LogP contribution in [0.4, 0.5) is 11.4 Å². The molecule has 132 valence electrons. The first-order chi connectivity index (χ1) is 12.6. The molecule has 0 aliphatic heterocycles. The lowest BCUT2D eigenvalue weighted by Gasteiger charge is -2.23. The molecule has 0 radical (unpaired) electrons. The summed E-state index contributed by atoms with van der Waals surface area (Å²) in [5.74, 6) is 0. The average Bonchev–Trinajstić information content (AvgIpc) is 2.65.